The summed E-state index contributed by atoms with van der Waals surface area (Å²) in [6, 6.07) is 20.7. The molecule has 1 aliphatic carbocycles. The lowest BCUT2D eigenvalue weighted by Gasteiger charge is -2.21. The molecule has 0 saturated heterocycles. The number of nitrogens with two attached hydrogens (primary N) is 1. The molecule has 0 radical (unpaired) electrons. The fourth-order valence-electron chi connectivity index (χ4n) is 6.05. The largest absolute Gasteiger partial charge is 0.497 e. The molecule has 222 valence electrons. The summed E-state index contributed by atoms with van der Waals surface area (Å²) in [5.41, 5.74) is 15.1. The van der Waals surface area contributed by atoms with Crippen molar-refractivity contribution in [3.05, 3.63) is 117 Å². The van der Waals surface area contributed by atoms with Gasteiger partial charge in [0.15, 0.2) is 0 Å². The highest BCUT2D eigenvalue weighted by atomic mass is 16.5. The maximum atomic E-state index is 13.7. The van der Waals surface area contributed by atoms with Gasteiger partial charge in [0.05, 0.1) is 30.9 Å². The highest BCUT2D eigenvalue weighted by molar-refractivity contribution is 6.03. The van der Waals surface area contributed by atoms with E-state index in [4.69, 9.17) is 19.9 Å². The topological polar surface area (TPSA) is 106 Å². The number of methoxy groups -OCH3 is 2. The maximum Gasteiger partial charge on any atom is 0.265 e. The van der Waals surface area contributed by atoms with Gasteiger partial charge >= 0.3 is 0 Å². The molecule has 1 aromatic heterocycles. The number of allylic oxidation sites excluding steroid dienone is 2. The molecule has 0 saturated carbocycles. The molecule has 0 spiro atoms. The molecule has 8 nitrogen and oxygen atoms in total. The van der Waals surface area contributed by atoms with Crippen molar-refractivity contribution >= 4 is 22.4 Å². The van der Waals surface area contributed by atoms with Crippen LogP contribution >= 0.6 is 0 Å². The fourth-order valence-corrected chi connectivity index (χ4v) is 6.05. The molecule has 0 fully saturated rings. The lowest BCUT2D eigenvalue weighted by molar-refractivity contribution is 0.0995. The summed E-state index contributed by atoms with van der Waals surface area (Å²) < 4.78 is 18.6. The molecule has 0 unspecified atom stereocenters. The molecular formula is C36H33N3O5. The summed E-state index contributed by atoms with van der Waals surface area (Å²) in [5, 5.41) is 0.465. The minimum absolute atomic E-state index is 0.195. The zero-order valence-corrected chi connectivity index (χ0v) is 25.4. The van der Waals surface area contributed by atoms with E-state index in [1.165, 1.54) is 0 Å². The number of benzene rings is 4. The number of fused-ring (bicyclic) bond motifs is 2. The summed E-state index contributed by atoms with van der Waals surface area (Å²) in [7, 11) is 3.18. The number of nitrogens with zero attached hydrogens (tertiary/aromatic N) is 2. The number of rotatable bonds is 8. The van der Waals surface area contributed by atoms with Crippen molar-refractivity contribution in [2.45, 2.75) is 33.8 Å². The average molecular weight is 588 g/mol. The Morgan fingerprint density at radius 1 is 0.932 bits per heavy atom. The molecule has 8 heteroatoms. The standard InChI is InChI=1S/C36H33N3O5/c1-20-16-28-32(21(20)2)27(17-31(33(28)35(37)40)44-18-23-12-14-24(42-4)15-13-23)25-8-6-10-29(22(25)3)39-19-38-34-26(36(39)41)9-7-11-30(34)43-5/h6-15,17,19H,16,18H2,1-5H3,(H2,37,40). The lowest BCUT2D eigenvalue weighted by atomic mass is 9.88. The number of amides is 1. The highest BCUT2D eigenvalue weighted by Crippen LogP contribution is 2.46. The van der Waals surface area contributed by atoms with Gasteiger partial charge in [-0.15, -0.1) is 0 Å². The Labute approximate surface area is 255 Å². The van der Waals surface area contributed by atoms with Crippen LogP contribution in [0.4, 0.5) is 0 Å². The van der Waals surface area contributed by atoms with Gasteiger partial charge in [-0.25, -0.2) is 4.98 Å². The Hall–Kier alpha value is -5.37. The second-order valence-corrected chi connectivity index (χ2v) is 11.0. The molecule has 0 aliphatic heterocycles. The second kappa shape index (κ2) is 11.4. The Morgan fingerprint density at radius 2 is 1.68 bits per heavy atom. The summed E-state index contributed by atoms with van der Waals surface area (Å²) in [6.45, 7) is 6.37. The Morgan fingerprint density at radius 3 is 2.39 bits per heavy atom. The first-order valence-corrected chi connectivity index (χ1v) is 14.3. The predicted molar refractivity (Wildman–Crippen MR) is 172 cm³/mol. The van der Waals surface area contributed by atoms with Crippen LogP contribution in [0.2, 0.25) is 0 Å². The van der Waals surface area contributed by atoms with Crippen LogP contribution in [0.25, 0.3) is 33.3 Å². The van der Waals surface area contributed by atoms with Crippen molar-refractivity contribution in [3.8, 4) is 34.1 Å². The zero-order valence-electron chi connectivity index (χ0n) is 25.4. The molecule has 1 amide bonds. The van der Waals surface area contributed by atoms with Crippen LogP contribution < -0.4 is 25.5 Å². The smallest absolute Gasteiger partial charge is 0.265 e. The quantitative estimate of drug-likeness (QED) is 0.225. The van der Waals surface area contributed by atoms with Crippen molar-refractivity contribution in [1.82, 2.24) is 9.55 Å². The summed E-state index contributed by atoms with van der Waals surface area (Å²) in [5.74, 6) is 1.18. The minimum Gasteiger partial charge on any atom is -0.497 e. The molecule has 4 aromatic carbocycles. The first kappa shape index (κ1) is 28.7. The number of ether oxygens (including phenoxy) is 3. The monoisotopic (exact) mass is 587 g/mol. The van der Waals surface area contributed by atoms with E-state index in [0.29, 0.717) is 40.1 Å². The van der Waals surface area contributed by atoms with Gasteiger partial charge < -0.3 is 19.9 Å². The van der Waals surface area contributed by atoms with E-state index in [9.17, 15) is 9.59 Å². The minimum atomic E-state index is -0.533. The molecule has 2 N–H and O–H groups in total. The van der Waals surface area contributed by atoms with Gasteiger partial charge in [0.1, 0.15) is 35.7 Å². The van der Waals surface area contributed by atoms with Crippen LogP contribution in [-0.4, -0.2) is 29.7 Å². The van der Waals surface area contributed by atoms with Gasteiger partial charge in [-0.05, 0) is 103 Å². The fraction of sp³-hybridized carbons (Fsp3) is 0.194. The van der Waals surface area contributed by atoms with Crippen LogP contribution in [0.1, 0.15) is 46.5 Å². The number of primary amides is 1. The van der Waals surface area contributed by atoms with Gasteiger partial charge in [0.25, 0.3) is 11.5 Å². The van der Waals surface area contributed by atoms with Gasteiger partial charge in [0.2, 0.25) is 0 Å². The number of hydrogen-bond acceptors (Lipinski definition) is 6. The normalized spacial score (nSPS) is 12.4. The van der Waals surface area contributed by atoms with E-state index < -0.39 is 5.91 Å². The van der Waals surface area contributed by atoms with Crippen LogP contribution in [0, 0.1) is 6.92 Å². The van der Waals surface area contributed by atoms with Crippen molar-refractivity contribution in [2.24, 2.45) is 5.73 Å². The van der Waals surface area contributed by atoms with Gasteiger partial charge in [-0.3, -0.25) is 14.2 Å². The zero-order chi connectivity index (χ0) is 31.1. The summed E-state index contributed by atoms with van der Waals surface area (Å²) >= 11 is 0. The Balaban J connectivity index is 1.51. The average Bonchev–Trinajstić information content (AvgIpc) is 3.33. The molecule has 44 heavy (non-hydrogen) atoms. The maximum absolute atomic E-state index is 13.7. The Kier molecular flexibility index (Phi) is 7.43. The molecule has 0 atom stereocenters. The first-order valence-electron chi connectivity index (χ1n) is 14.3. The van der Waals surface area contributed by atoms with Crippen molar-refractivity contribution in [1.29, 1.82) is 0 Å². The third-order valence-electron chi connectivity index (χ3n) is 8.48. The second-order valence-electron chi connectivity index (χ2n) is 11.0. The van der Waals surface area contributed by atoms with E-state index in [0.717, 1.165) is 50.3 Å². The molecule has 0 bridgehead atoms. The van der Waals surface area contributed by atoms with Crippen LogP contribution in [0.5, 0.6) is 17.2 Å². The van der Waals surface area contributed by atoms with Gasteiger partial charge in [0, 0.05) is 0 Å². The molecule has 1 aliphatic rings. The molecule has 6 rings (SSSR count). The number of carbonyl (C=O) groups is 1. The van der Waals surface area contributed by atoms with E-state index in [-0.39, 0.29) is 12.2 Å². The van der Waals surface area contributed by atoms with Crippen LogP contribution in [-0.2, 0) is 13.0 Å². The lowest BCUT2D eigenvalue weighted by Crippen LogP contribution is -2.20. The van der Waals surface area contributed by atoms with Crippen LogP contribution in [0.3, 0.4) is 0 Å². The third-order valence-corrected chi connectivity index (χ3v) is 8.48. The van der Waals surface area contributed by atoms with Crippen molar-refractivity contribution < 1.29 is 19.0 Å². The van der Waals surface area contributed by atoms with Crippen molar-refractivity contribution in [3.63, 3.8) is 0 Å². The predicted octanol–water partition coefficient (Wildman–Crippen LogP) is 6.41. The van der Waals surface area contributed by atoms with E-state index in [2.05, 4.69) is 18.8 Å². The number of hydrogen-bond donors (Lipinski definition) is 1. The third kappa shape index (κ3) is 4.78. The van der Waals surface area contributed by atoms with E-state index in [1.54, 1.807) is 43.3 Å². The number of aromatic nitrogens is 2. The number of para-hydroxylation sites is 1. The highest BCUT2D eigenvalue weighted by Gasteiger charge is 2.29. The van der Waals surface area contributed by atoms with Crippen LogP contribution in [0.15, 0.2) is 83.4 Å². The Bertz CT molecular complexity index is 2040. The first-order chi connectivity index (χ1) is 21.2. The summed E-state index contributed by atoms with van der Waals surface area (Å²) in [4.78, 5) is 31.2. The SMILES string of the molecule is COc1ccc(COc2cc(-c3cccc(-n4cnc5c(OC)cccc5c4=O)c3C)c3c(c2C(N)=O)CC(C)=C3C)cc1. The number of carbonyl (C=O) groups excluding carboxylic acids is 1. The summed E-state index contributed by atoms with van der Waals surface area (Å²) in [6.07, 6.45) is 2.14. The van der Waals surface area contributed by atoms with E-state index >= 15 is 0 Å². The van der Waals surface area contributed by atoms with Gasteiger partial charge in [-0.1, -0.05) is 35.9 Å². The molecule has 1 heterocycles. The van der Waals surface area contributed by atoms with E-state index in [1.807, 2.05) is 55.5 Å². The molecular weight excluding hydrogens is 554 g/mol. The van der Waals surface area contributed by atoms with Gasteiger partial charge in [-0.2, -0.15) is 0 Å². The van der Waals surface area contributed by atoms with Crippen molar-refractivity contribution in [2.75, 3.05) is 14.2 Å². The molecule has 5 aromatic rings.